The number of benzene rings is 1. The first-order chi connectivity index (χ1) is 11.3. The first-order valence-corrected chi connectivity index (χ1v) is 9.39. The molecule has 134 valence electrons. The largest absolute Gasteiger partial charge is 0.496 e. The summed E-state index contributed by atoms with van der Waals surface area (Å²) < 4.78 is 11.8. The Morgan fingerprint density at radius 2 is 2.00 bits per heavy atom. The first-order valence-electron chi connectivity index (χ1n) is 8.31. The van der Waals surface area contributed by atoms with E-state index in [1.54, 1.807) is 7.11 Å². The van der Waals surface area contributed by atoms with Crippen molar-refractivity contribution in [3.63, 3.8) is 0 Å². The van der Waals surface area contributed by atoms with Crippen LogP contribution in [0.15, 0.2) is 18.2 Å². The van der Waals surface area contributed by atoms with Gasteiger partial charge in [-0.1, -0.05) is 6.07 Å². The summed E-state index contributed by atoms with van der Waals surface area (Å²) in [4.78, 5) is 14.3. The van der Waals surface area contributed by atoms with Crippen LogP contribution in [-0.4, -0.2) is 42.8 Å². The van der Waals surface area contributed by atoms with E-state index in [-0.39, 0.29) is 12.1 Å². The first kappa shape index (κ1) is 19.3. The minimum Gasteiger partial charge on any atom is -0.496 e. The molecule has 0 spiro atoms. The van der Waals surface area contributed by atoms with Crippen molar-refractivity contribution < 1.29 is 14.3 Å². The van der Waals surface area contributed by atoms with Crippen LogP contribution >= 0.6 is 22.6 Å². The molecule has 0 bridgehead atoms. The summed E-state index contributed by atoms with van der Waals surface area (Å²) in [5.41, 5.74) is 0.842. The van der Waals surface area contributed by atoms with Crippen LogP contribution in [0.25, 0.3) is 0 Å². The average molecular weight is 446 g/mol. The van der Waals surface area contributed by atoms with Gasteiger partial charge in [0.1, 0.15) is 11.4 Å². The summed E-state index contributed by atoms with van der Waals surface area (Å²) >= 11 is 2.30. The van der Waals surface area contributed by atoms with Crippen LogP contribution < -0.4 is 10.1 Å². The highest BCUT2D eigenvalue weighted by molar-refractivity contribution is 14.1. The number of likely N-dealkylation sites (tertiary alicyclic amines) is 1. The molecule has 0 aliphatic carbocycles. The van der Waals surface area contributed by atoms with Crippen molar-refractivity contribution in [2.75, 3.05) is 20.2 Å². The van der Waals surface area contributed by atoms with Crippen LogP contribution in [0.1, 0.15) is 39.2 Å². The quantitative estimate of drug-likeness (QED) is 0.716. The number of halogens is 1. The molecular weight excluding hydrogens is 419 g/mol. The fourth-order valence-corrected chi connectivity index (χ4v) is 3.58. The van der Waals surface area contributed by atoms with Gasteiger partial charge in [0.2, 0.25) is 0 Å². The molecule has 2 rings (SSSR count). The van der Waals surface area contributed by atoms with Gasteiger partial charge in [-0.2, -0.15) is 0 Å². The molecule has 0 aromatic heterocycles. The molecule has 1 aliphatic rings. The third-order valence-electron chi connectivity index (χ3n) is 3.93. The normalized spacial score (nSPS) is 16.7. The minimum absolute atomic E-state index is 0.201. The second-order valence-corrected chi connectivity index (χ2v) is 8.33. The number of carbonyl (C=O) groups is 1. The molecule has 5 nitrogen and oxygen atoms in total. The highest BCUT2D eigenvalue weighted by Gasteiger charge is 2.23. The number of hydrogen-bond donors (Lipinski definition) is 1. The molecule has 1 aliphatic heterocycles. The number of methoxy groups -OCH3 is 1. The lowest BCUT2D eigenvalue weighted by Gasteiger charge is -2.32. The lowest BCUT2D eigenvalue weighted by molar-refractivity contribution is 0.0477. The number of ether oxygens (including phenoxy) is 2. The van der Waals surface area contributed by atoms with Gasteiger partial charge in [0.05, 0.1) is 10.7 Å². The fraction of sp³-hybridized carbons (Fsp3) is 0.611. The summed E-state index contributed by atoms with van der Waals surface area (Å²) in [7, 11) is 1.69. The maximum absolute atomic E-state index is 11.8. The molecule has 6 heteroatoms. The van der Waals surface area contributed by atoms with Gasteiger partial charge < -0.3 is 14.8 Å². The summed E-state index contributed by atoms with van der Waals surface area (Å²) in [5, 5.41) is 2.98. The van der Waals surface area contributed by atoms with E-state index in [0.717, 1.165) is 41.8 Å². The van der Waals surface area contributed by atoms with Gasteiger partial charge in [-0.15, -0.1) is 0 Å². The molecular formula is C18H27IN2O3. The van der Waals surface area contributed by atoms with Gasteiger partial charge in [-0.05, 0) is 73.9 Å². The van der Waals surface area contributed by atoms with E-state index in [4.69, 9.17) is 9.47 Å². The number of piperidine rings is 1. The molecule has 1 aromatic rings. The summed E-state index contributed by atoms with van der Waals surface area (Å²) in [5.74, 6) is 0.916. The Morgan fingerprint density at radius 1 is 1.33 bits per heavy atom. The molecule has 0 radical (unpaired) electrons. The molecule has 1 saturated heterocycles. The Morgan fingerprint density at radius 3 is 2.54 bits per heavy atom. The highest BCUT2D eigenvalue weighted by Crippen LogP contribution is 2.23. The number of rotatable bonds is 4. The summed E-state index contributed by atoms with van der Waals surface area (Å²) in [6.45, 7) is 8.52. The van der Waals surface area contributed by atoms with Crippen molar-refractivity contribution >= 4 is 28.7 Å². The van der Waals surface area contributed by atoms with Gasteiger partial charge in [-0.3, -0.25) is 4.90 Å². The number of hydrogen-bond acceptors (Lipinski definition) is 4. The second-order valence-electron chi connectivity index (χ2n) is 7.17. The third-order valence-corrected chi connectivity index (χ3v) is 4.77. The van der Waals surface area contributed by atoms with E-state index in [9.17, 15) is 4.79 Å². The van der Waals surface area contributed by atoms with Crippen molar-refractivity contribution in [1.82, 2.24) is 10.2 Å². The van der Waals surface area contributed by atoms with Crippen molar-refractivity contribution in [2.45, 2.75) is 51.8 Å². The maximum atomic E-state index is 11.8. The van der Waals surface area contributed by atoms with E-state index in [1.807, 2.05) is 26.8 Å². The number of nitrogens with zero attached hydrogens (tertiary/aromatic N) is 1. The van der Waals surface area contributed by atoms with Crippen LogP contribution in [0, 0.1) is 3.57 Å². The van der Waals surface area contributed by atoms with Crippen molar-refractivity contribution in [3.8, 4) is 5.75 Å². The lowest BCUT2D eigenvalue weighted by atomic mass is 10.0. The summed E-state index contributed by atoms with van der Waals surface area (Å²) in [6, 6.07) is 6.51. The van der Waals surface area contributed by atoms with E-state index in [2.05, 4.69) is 44.9 Å². The predicted molar refractivity (Wildman–Crippen MR) is 103 cm³/mol. The standard InChI is InChI=1S/C18H27IN2O3/c1-18(2,3)24-17(22)20-14-7-9-21(10-8-14)12-13-5-6-16(23-4)15(19)11-13/h5-6,11,14H,7-10,12H2,1-4H3,(H,20,22). The number of nitrogens with one attached hydrogen (secondary N) is 1. The van der Waals surface area contributed by atoms with Gasteiger partial charge in [0.25, 0.3) is 0 Å². The Balaban J connectivity index is 1.78. The molecule has 1 fully saturated rings. The van der Waals surface area contributed by atoms with Gasteiger partial charge >= 0.3 is 6.09 Å². The van der Waals surface area contributed by atoms with E-state index in [1.165, 1.54) is 5.56 Å². The van der Waals surface area contributed by atoms with Crippen LogP contribution in [0.5, 0.6) is 5.75 Å². The molecule has 1 amide bonds. The van der Waals surface area contributed by atoms with Crippen LogP contribution in [0.3, 0.4) is 0 Å². The molecule has 0 saturated carbocycles. The Labute approximate surface area is 158 Å². The number of alkyl carbamates (subject to hydrolysis) is 1. The van der Waals surface area contributed by atoms with Crippen molar-refractivity contribution in [2.24, 2.45) is 0 Å². The highest BCUT2D eigenvalue weighted by atomic mass is 127. The predicted octanol–water partition coefficient (Wildman–Crippen LogP) is 3.79. The Hall–Kier alpha value is -1.02. The molecule has 1 aromatic carbocycles. The van der Waals surface area contributed by atoms with E-state index < -0.39 is 5.60 Å². The van der Waals surface area contributed by atoms with Crippen LogP contribution in [0.4, 0.5) is 4.79 Å². The topological polar surface area (TPSA) is 50.8 Å². The van der Waals surface area contributed by atoms with Crippen molar-refractivity contribution in [3.05, 3.63) is 27.3 Å². The average Bonchev–Trinajstić information content (AvgIpc) is 2.47. The van der Waals surface area contributed by atoms with E-state index in [0.29, 0.717) is 0 Å². The Bertz CT molecular complexity index is 564. The molecule has 0 atom stereocenters. The molecule has 1 heterocycles. The zero-order valence-corrected chi connectivity index (χ0v) is 17.1. The van der Waals surface area contributed by atoms with E-state index >= 15 is 0 Å². The monoisotopic (exact) mass is 446 g/mol. The third kappa shape index (κ3) is 6.12. The maximum Gasteiger partial charge on any atom is 0.407 e. The minimum atomic E-state index is -0.448. The zero-order valence-electron chi connectivity index (χ0n) is 14.9. The van der Waals surface area contributed by atoms with Crippen molar-refractivity contribution in [1.29, 1.82) is 0 Å². The smallest absolute Gasteiger partial charge is 0.407 e. The van der Waals surface area contributed by atoms with Gasteiger partial charge in [0.15, 0.2) is 0 Å². The van der Waals surface area contributed by atoms with Crippen LogP contribution in [-0.2, 0) is 11.3 Å². The molecule has 24 heavy (non-hydrogen) atoms. The SMILES string of the molecule is COc1ccc(CN2CCC(NC(=O)OC(C)(C)C)CC2)cc1I. The molecule has 0 unspecified atom stereocenters. The van der Waals surface area contributed by atoms with Gasteiger partial charge in [0, 0.05) is 25.7 Å². The molecule has 1 N–H and O–H groups in total. The van der Waals surface area contributed by atoms with Crippen LogP contribution in [0.2, 0.25) is 0 Å². The second kappa shape index (κ2) is 8.38. The Kier molecular flexibility index (Phi) is 6.74. The van der Waals surface area contributed by atoms with Gasteiger partial charge in [-0.25, -0.2) is 4.79 Å². The zero-order chi connectivity index (χ0) is 17.7. The number of amides is 1. The fourth-order valence-electron chi connectivity index (χ4n) is 2.78. The lowest BCUT2D eigenvalue weighted by Crippen LogP contribution is -2.45. The number of carbonyl (C=O) groups excluding carboxylic acids is 1. The summed E-state index contributed by atoms with van der Waals surface area (Å²) in [6.07, 6.45) is 1.59.